The number of hydrogen-bond acceptors (Lipinski definition) is 6. The number of piperidine rings is 1. The van der Waals surface area contributed by atoms with Crippen molar-refractivity contribution in [1.29, 1.82) is 0 Å². The molecule has 0 aliphatic carbocycles. The fourth-order valence-electron chi connectivity index (χ4n) is 3.64. The first-order valence-electron chi connectivity index (χ1n) is 10.8. The molecule has 3 aromatic rings. The van der Waals surface area contributed by atoms with Crippen LogP contribution in [0.3, 0.4) is 0 Å². The molecule has 0 bridgehead atoms. The number of methoxy groups -OCH3 is 1. The Bertz CT molecular complexity index is 1130. The van der Waals surface area contributed by atoms with Gasteiger partial charge in [0.05, 0.1) is 19.5 Å². The van der Waals surface area contributed by atoms with E-state index in [1.54, 1.807) is 11.1 Å². The molecular weight excluding hydrogens is 418 g/mol. The number of benzene rings is 1. The zero-order valence-corrected chi connectivity index (χ0v) is 19.0. The predicted molar refractivity (Wildman–Crippen MR) is 126 cm³/mol. The number of carbonyl (C=O) groups excluding carboxylic acids is 1. The van der Waals surface area contributed by atoms with Crippen LogP contribution in [-0.2, 0) is 0 Å². The summed E-state index contributed by atoms with van der Waals surface area (Å²) in [6.07, 6.45) is 7.73. The van der Waals surface area contributed by atoms with Crippen LogP contribution in [0, 0.1) is 12.8 Å². The lowest BCUT2D eigenvalue weighted by molar-refractivity contribution is 0.197. The van der Waals surface area contributed by atoms with Gasteiger partial charge in [-0.2, -0.15) is 0 Å². The van der Waals surface area contributed by atoms with Crippen LogP contribution in [-0.4, -0.2) is 46.1 Å². The van der Waals surface area contributed by atoms with Gasteiger partial charge in [0.2, 0.25) is 11.8 Å². The quantitative estimate of drug-likeness (QED) is 0.598. The van der Waals surface area contributed by atoms with Crippen LogP contribution < -0.4 is 14.8 Å². The van der Waals surface area contributed by atoms with E-state index in [1.165, 1.54) is 25.1 Å². The highest BCUT2D eigenvalue weighted by Gasteiger charge is 2.24. The van der Waals surface area contributed by atoms with Crippen LogP contribution in [0.25, 0.3) is 6.08 Å². The SMILES string of the molecule is COc1cnc(NC(=O)N2CCC(=Cc3cccc(Oc4ccc(C)cn4)c3)C(C)C2)cn1. The zero-order valence-electron chi connectivity index (χ0n) is 19.0. The number of anilines is 1. The van der Waals surface area contributed by atoms with E-state index in [0.29, 0.717) is 30.7 Å². The molecule has 0 saturated carbocycles. The number of carbonyl (C=O) groups is 1. The van der Waals surface area contributed by atoms with Crippen LogP contribution >= 0.6 is 0 Å². The Labute approximate surface area is 193 Å². The second-order valence-electron chi connectivity index (χ2n) is 8.04. The highest BCUT2D eigenvalue weighted by molar-refractivity contribution is 5.88. The van der Waals surface area contributed by atoms with Crippen molar-refractivity contribution in [2.75, 3.05) is 25.5 Å². The van der Waals surface area contributed by atoms with Gasteiger partial charge >= 0.3 is 6.03 Å². The molecule has 1 unspecified atom stereocenters. The maximum absolute atomic E-state index is 12.6. The standard InChI is InChI=1S/C25H27N5O3/c1-17-7-8-23(27-13-17)33-21-6-4-5-19(12-21)11-20-9-10-30(16-18(20)2)25(31)29-22-14-28-24(32-3)15-26-22/h4-8,11-15,18H,9-10,16H2,1-3H3,(H,26,29,31). The van der Waals surface area contributed by atoms with Gasteiger partial charge in [0, 0.05) is 25.4 Å². The lowest BCUT2D eigenvalue weighted by Crippen LogP contribution is -2.42. The highest BCUT2D eigenvalue weighted by Crippen LogP contribution is 2.27. The summed E-state index contributed by atoms with van der Waals surface area (Å²) in [5, 5.41) is 2.80. The molecule has 1 N–H and O–H groups in total. The van der Waals surface area contributed by atoms with Crippen LogP contribution in [0.15, 0.2) is 60.6 Å². The molecule has 1 aromatic carbocycles. The molecule has 1 aliphatic heterocycles. The molecule has 8 heteroatoms. The van der Waals surface area contributed by atoms with E-state index in [2.05, 4.69) is 39.3 Å². The number of nitrogens with one attached hydrogen (secondary N) is 1. The second-order valence-corrected chi connectivity index (χ2v) is 8.04. The molecule has 8 nitrogen and oxygen atoms in total. The monoisotopic (exact) mass is 445 g/mol. The van der Waals surface area contributed by atoms with Crippen molar-refractivity contribution in [2.24, 2.45) is 5.92 Å². The normalized spacial score (nSPS) is 17.0. The first kappa shape index (κ1) is 22.3. The van der Waals surface area contributed by atoms with Crippen LogP contribution in [0.2, 0.25) is 0 Å². The van der Waals surface area contributed by atoms with Crippen molar-refractivity contribution in [3.05, 3.63) is 71.7 Å². The molecule has 1 aliphatic rings. The Kier molecular flexibility index (Phi) is 6.83. The number of pyridine rings is 1. The summed E-state index contributed by atoms with van der Waals surface area (Å²) in [5.41, 5.74) is 3.45. The number of amides is 2. The van der Waals surface area contributed by atoms with Crippen molar-refractivity contribution >= 4 is 17.9 Å². The van der Waals surface area contributed by atoms with Crippen LogP contribution in [0.1, 0.15) is 24.5 Å². The van der Waals surface area contributed by atoms with E-state index in [9.17, 15) is 4.79 Å². The number of likely N-dealkylation sites (tertiary alicyclic amines) is 1. The fourth-order valence-corrected chi connectivity index (χ4v) is 3.64. The summed E-state index contributed by atoms with van der Waals surface area (Å²) in [7, 11) is 1.52. The van der Waals surface area contributed by atoms with Crippen molar-refractivity contribution in [1.82, 2.24) is 19.9 Å². The maximum Gasteiger partial charge on any atom is 0.323 e. The molecule has 2 aromatic heterocycles. The Balaban J connectivity index is 1.37. The Morgan fingerprint density at radius 1 is 1.12 bits per heavy atom. The average Bonchev–Trinajstić information content (AvgIpc) is 2.82. The molecule has 1 atom stereocenters. The summed E-state index contributed by atoms with van der Waals surface area (Å²) in [5.74, 6) is 2.34. The molecule has 0 spiro atoms. The maximum atomic E-state index is 12.6. The molecule has 4 rings (SSSR count). The van der Waals surface area contributed by atoms with E-state index in [4.69, 9.17) is 9.47 Å². The Morgan fingerprint density at radius 2 is 1.97 bits per heavy atom. The van der Waals surface area contributed by atoms with Crippen molar-refractivity contribution in [2.45, 2.75) is 20.3 Å². The largest absolute Gasteiger partial charge is 0.480 e. The van der Waals surface area contributed by atoms with Gasteiger partial charge in [0.1, 0.15) is 5.75 Å². The molecule has 1 fully saturated rings. The first-order chi connectivity index (χ1) is 16.0. The van der Waals surface area contributed by atoms with Crippen LogP contribution in [0.4, 0.5) is 10.6 Å². The van der Waals surface area contributed by atoms with Gasteiger partial charge in [0.15, 0.2) is 5.82 Å². The van der Waals surface area contributed by atoms with E-state index in [0.717, 1.165) is 23.3 Å². The van der Waals surface area contributed by atoms with Crippen LogP contribution in [0.5, 0.6) is 17.5 Å². The summed E-state index contributed by atoms with van der Waals surface area (Å²) in [4.78, 5) is 27.0. The molecule has 0 radical (unpaired) electrons. The smallest absolute Gasteiger partial charge is 0.323 e. The number of hydrogen-bond donors (Lipinski definition) is 1. The van der Waals surface area contributed by atoms with E-state index in [1.807, 2.05) is 37.3 Å². The van der Waals surface area contributed by atoms with Crippen molar-refractivity contribution in [3.63, 3.8) is 0 Å². The third kappa shape index (κ3) is 5.85. The minimum absolute atomic E-state index is 0.179. The first-order valence-corrected chi connectivity index (χ1v) is 10.8. The highest BCUT2D eigenvalue weighted by atomic mass is 16.5. The van der Waals surface area contributed by atoms with Crippen molar-refractivity contribution in [3.8, 4) is 17.5 Å². The Hall–Kier alpha value is -3.94. The summed E-state index contributed by atoms with van der Waals surface area (Å²) in [6, 6.07) is 11.6. The minimum Gasteiger partial charge on any atom is -0.480 e. The third-order valence-corrected chi connectivity index (χ3v) is 5.47. The topological polar surface area (TPSA) is 89.5 Å². The molecule has 170 valence electrons. The average molecular weight is 446 g/mol. The lowest BCUT2D eigenvalue weighted by Gasteiger charge is -2.33. The van der Waals surface area contributed by atoms with Crippen molar-refractivity contribution < 1.29 is 14.3 Å². The number of nitrogens with zero attached hydrogens (tertiary/aromatic N) is 4. The fraction of sp³-hybridized carbons (Fsp3) is 0.280. The number of rotatable bonds is 5. The molecule has 3 heterocycles. The van der Waals surface area contributed by atoms with Gasteiger partial charge < -0.3 is 14.4 Å². The summed E-state index contributed by atoms with van der Waals surface area (Å²) < 4.78 is 10.9. The van der Waals surface area contributed by atoms with Gasteiger partial charge in [0.25, 0.3) is 0 Å². The van der Waals surface area contributed by atoms with Gasteiger partial charge in [-0.1, -0.05) is 36.8 Å². The molecule has 33 heavy (non-hydrogen) atoms. The number of aryl methyl sites for hydroxylation is 1. The number of urea groups is 1. The zero-order chi connectivity index (χ0) is 23.2. The van der Waals surface area contributed by atoms with Gasteiger partial charge in [-0.05, 0) is 42.5 Å². The minimum atomic E-state index is -0.179. The number of aromatic nitrogens is 3. The van der Waals surface area contributed by atoms with Gasteiger partial charge in [-0.25, -0.2) is 19.7 Å². The predicted octanol–water partition coefficient (Wildman–Crippen LogP) is 4.94. The Morgan fingerprint density at radius 3 is 2.67 bits per heavy atom. The lowest BCUT2D eigenvalue weighted by atomic mass is 9.91. The second kappa shape index (κ2) is 10.1. The molecule has 1 saturated heterocycles. The molecular formula is C25H27N5O3. The number of ether oxygens (including phenoxy) is 2. The summed E-state index contributed by atoms with van der Waals surface area (Å²) >= 11 is 0. The summed E-state index contributed by atoms with van der Waals surface area (Å²) in [6.45, 7) is 5.39. The molecule has 2 amide bonds. The van der Waals surface area contributed by atoms with E-state index >= 15 is 0 Å². The van der Waals surface area contributed by atoms with E-state index in [-0.39, 0.29) is 11.9 Å². The van der Waals surface area contributed by atoms with Gasteiger partial charge in [-0.3, -0.25) is 5.32 Å². The third-order valence-electron chi connectivity index (χ3n) is 5.47. The van der Waals surface area contributed by atoms with E-state index < -0.39 is 0 Å². The van der Waals surface area contributed by atoms with Gasteiger partial charge in [-0.15, -0.1) is 0 Å².